The summed E-state index contributed by atoms with van der Waals surface area (Å²) in [5, 5.41) is 0. The largest absolute Gasteiger partial charge is 0.459 e. The molecule has 0 aliphatic heterocycles. The van der Waals surface area contributed by atoms with E-state index in [4.69, 9.17) is 4.74 Å². The lowest BCUT2D eigenvalue weighted by molar-refractivity contribution is -0.145. The molecule has 0 radical (unpaired) electrons. The molecule has 1 aromatic rings. The molecule has 0 amide bonds. The van der Waals surface area contributed by atoms with Crippen molar-refractivity contribution in [1.29, 1.82) is 0 Å². The van der Waals surface area contributed by atoms with Crippen molar-refractivity contribution in [2.75, 3.05) is 0 Å². The minimum Gasteiger partial charge on any atom is -0.459 e. The minimum atomic E-state index is -0.527. The lowest BCUT2D eigenvalue weighted by Gasteiger charge is -2.00. The van der Waals surface area contributed by atoms with Crippen molar-refractivity contribution in [2.45, 2.75) is 13.0 Å². The number of carbonyl (C=O) groups is 2. The number of hydrogen-bond donors (Lipinski definition) is 0. The van der Waals surface area contributed by atoms with E-state index in [1.807, 2.05) is 0 Å². The fourth-order valence-corrected chi connectivity index (χ4v) is 0.765. The summed E-state index contributed by atoms with van der Waals surface area (Å²) in [4.78, 5) is 24.6. The number of aldehydes is 1. The van der Waals surface area contributed by atoms with E-state index in [-0.39, 0.29) is 13.0 Å². The molecule has 0 N–H and O–H groups in total. The first-order chi connectivity index (χ1) is 6.33. The van der Waals surface area contributed by atoms with Gasteiger partial charge in [-0.2, -0.15) is 0 Å². The van der Waals surface area contributed by atoms with E-state index in [1.165, 1.54) is 0 Å². The molecule has 0 bridgehead atoms. The Hall–Kier alpha value is -1.71. The summed E-state index contributed by atoms with van der Waals surface area (Å²) in [7, 11) is 0. The van der Waals surface area contributed by atoms with Crippen LogP contribution in [0.3, 0.4) is 0 Å². The fraction of sp³-hybridized carbons (Fsp3) is 0.222. The minimum absolute atomic E-state index is 0.119. The molecule has 13 heavy (non-hydrogen) atoms. The van der Waals surface area contributed by atoms with E-state index in [0.717, 1.165) is 0 Å². The highest BCUT2D eigenvalue weighted by Gasteiger charge is 2.01. The number of esters is 1. The van der Waals surface area contributed by atoms with E-state index in [2.05, 4.69) is 4.98 Å². The molecule has 0 aromatic carbocycles. The van der Waals surface area contributed by atoms with Crippen LogP contribution >= 0.6 is 0 Å². The van der Waals surface area contributed by atoms with Crippen molar-refractivity contribution < 1.29 is 14.3 Å². The van der Waals surface area contributed by atoms with Crippen molar-refractivity contribution in [3.8, 4) is 0 Å². The van der Waals surface area contributed by atoms with Gasteiger partial charge in [0.25, 0.3) is 0 Å². The Morgan fingerprint density at radius 3 is 3.00 bits per heavy atom. The standard InChI is InChI=1S/C9H9NO3/c11-6-4-9(12)13-7-8-3-1-2-5-10-8/h1-3,5-6H,4,7H2. The number of rotatable bonds is 4. The highest BCUT2D eigenvalue weighted by molar-refractivity contribution is 5.83. The third-order valence-electron chi connectivity index (χ3n) is 1.36. The maximum Gasteiger partial charge on any atom is 0.313 e. The third-order valence-corrected chi connectivity index (χ3v) is 1.36. The molecule has 0 saturated heterocycles. The van der Waals surface area contributed by atoms with Crippen molar-refractivity contribution >= 4 is 12.3 Å². The molecule has 0 atom stereocenters. The monoisotopic (exact) mass is 179 g/mol. The maximum atomic E-state index is 10.7. The molecule has 1 heterocycles. The molecular formula is C9H9NO3. The normalized spacial score (nSPS) is 9.23. The Bertz CT molecular complexity index is 284. The summed E-state index contributed by atoms with van der Waals surface area (Å²) in [6, 6.07) is 5.32. The third kappa shape index (κ3) is 3.46. The van der Waals surface area contributed by atoms with Crippen LogP contribution in [0.25, 0.3) is 0 Å². The second-order valence-electron chi connectivity index (χ2n) is 2.35. The van der Waals surface area contributed by atoms with Crippen LogP contribution < -0.4 is 0 Å². The van der Waals surface area contributed by atoms with E-state index < -0.39 is 5.97 Å². The molecule has 1 rings (SSSR count). The zero-order chi connectivity index (χ0) is 9.52. The van der Waals surface area contributed by atoms with Crippen LogP contribution in [-0.2, 0) is 20.9 Å². The number of ether oxygens (including phenoxy) is 1. The molecule has 4 nitrogen and oxygen atoms in total. The second kappa shape index (κ2) is 5.03. The SMILES string of the molecule is O=CCC(=O)OCc1ccccn1. The van der Waals surface area contributed by atoms with Crippen molar-refractivity contribution in [1.82, 2.24) is 4.98 Å². The van der Waals surface area contributed by atoms with Gasteiger partial charge in [-0.05, 0) is 12.1 Å². The van der Waals surface area contributed by atoms with E-state index in [9.17, 15) is 9.59 Å². The predicted molar refractivity (Wildman–Crippen MR) is 44.7 cm³/mol. The zero-order valence-corrected chi connectivity index (χ0v) is 6.97. The molecule has 0 spiro atoms. The van der Waals surface area contributed by atoms with Gasteiger partial charge in [-0.3, -0.25) is 9.78 Å². The summed E-state index contributed by atoms with van der Waals surface area (Å²) >= 11 is 0. The van der Waals surface area contributed by atoms with Gasteiger partial charge >= 0.3 is 5.97 Å². The van der Waals surface area contributed by atoms with Gasteiger partial charge < -0.3 is 9.53 Å². The van der Waals surface area contributed by atoms with Crippen LogP contribution in [0, 0.1) is 0 Å². The Morgan fingerprint density at radius 2 is 2.38 bits per heavy atom. The lowest BCUT2D eigenvalue weighted by Crippen LogP contribution is -2.05. The summed E-state index contributed by atoms with van der Waals surface area (Å²) in [5.41, 5.74) is 0.668. The van der Waals surface area contributed by atoms with E-state index in [1.54, 1.807) is 24.4 Å². The van der Waals surface area contributed by atoms with Crippen LogP contribution in [0.15, 0.2) is 24.4 Å². The van der Waals surface area contributed by atoms with Crippen molar-refractivity contribution in [2.24, 2.45) is 0 Å². The number of aromatic nitrogens is 1. The van der Waals surface area contributed by atoms with Gasteiger partial charge in [-0.1, -0.05) is 6.07 Å². The van der Waals surface area contributed by atoms with Crippen LogP contribution in [0.4, 0.5) is 0 Å². The Kier molecular flexibility index (Phi) is 3.63. The summed E-state index contributed by atoms with van der Waals surface area (Å²) < 4.78 is 4.74. The van der Waals surface area contributed by atoms with Gasteiger partial charge in [0.2, 0.25) is 0 Å². The number of hydrogen-bond acceptors (Lipinski definition) is 4. The van der Waals surface area contributed by atoms with Crippen molar-refractivity contribution in [3.63, 3.8) is 0 Å². The molecule has 0 aliphatic rings. The molecular weight excluding hydrogens is 170 g/mol. The average molecular weight is 179 g/mol. The predicted octanol–water partition coefficient (Wildman–Crippen LogP) is 0.714. The quantitative estimate of drug-likeness (QED) is 0.388. The van der Waals surface area contributed by atoms with Gasteiger partial charge in [0.1, 0.15) is 19.3 Å². The van der Waals surface area contributed by atoms with Gasteiger partial charge in [-0.15, -0.1) is 0 Å². The van der Waals surface area contributed by atoms with Crippen LogP contribution in [0.2, 0.25) is 0 Å². The first kappa shape index (κ1) is 9.38. The number of carbonyl (C=O) groups excluding carboxylic acids is 2. The highest BCUT2D eigenvalue weighted by atomic mass is 16.5. The smallest absolute Gasteiger partial charge is 0.313 e. The Labute approximate surface area is 75.5 Å². The summed E-state index contributed by atoms with van der Waals surface area (Å²) in [6.07, 6.45) is 1.93. The van der Waals surface area contributed by atoms with Gasteiger partial charge in [0.05, 0.1) is 5.69 Å². The van der Waals surface area contributed by atoms with Crippen molar-refractivity contribution in [3.05, 3.63) is 30.1 Å². The zero-order valence-electron chi connectivity index (χ0n) is 6.97. The van der Waals surface area contributed by atoms with Gasteiger partial charge in [-0.25, -0.2) is 0 Å². The molecule has 1 aromatic heterocycles. The first-order valence-corrected chi connectivity index (χ1v) is 3.82. The molecule has 4 heteroatoms. The van der Waals surface area contributed by atoms with E-state index >= 15 is 0 Å². The topological polar surface area (TPSA) is 56.3 Å². The maximum absolute atomic E-state index is 10.7. The summed E-state index contributed by atoms with van der Waals surface area (Å²) in [5.74, 6) is -0.527. The Morgan fingerprint density at radius 1 is 1.54 bits per heavy atom. The highest BCUT2D eigenvalue weighted by Crippen LogP contribution is 1.96. The molecule has 0 fully saturated rings. The van der Waals surface area contributed by atoms with Gasteiger partial charge in [0, 0.05) is 6.20 Å². The fourth-order valence-electron chi connectivity index (χ4n) is 0.765. The number of pyridine rings is 1. The molecule has 0 saturated carbocycles. The molecule has 0 unspecified atom stereocenters. The second-order valence-corrected chi connectivity index (χ2v) is 2.35. The molecule has 0 aliphatic carbocycles. The van der Waals surface area contributed by atoms with Crippen LogP contribution in [-0.4, -0.2) is 17.2 Å². The Balaban J connectivity index is 2.35. The summed E-state index contributed by atoms with van der Waals surface area (Å²) in [6.45, 7) is 0.119. The van der Waals surface area contributed by atoms with Crippen LogP contribution in [0.1, 0.15) is 12.1 Å². The van der Waals surface area contributed by atoms with Gasteiger partial charge in [0.15, 0.2) is 0 Å². The molecule has 68 valence electrons. The van der Waals surface area contributed by atoms with Crippen LogP contribution in [0.5, 0.6) is 0 Å². The average Bonchev–Trinajstić information content (AvgIpc) is 2.17. The van der Waals surface area contributed by atoms with E-state index in [0.29, 0.717) is 12.0 Å². The lowest BCUT2D eigenvalue weighted by atomic mass is 10.4. The number of nitrogens with zero attached hydrogens (tertiary/aromatic N) is 1. The first-order valence-electron chi connectivity index (χ1n) is 3.82.